The highest BCUT2D eigenvalue weighted by molar-refractivity contribution is 7.92. The van der Waals surface area contributed by atoms with Crippen molar-refractivity contribution in [2.45, 2.75) is 32.9 Å². The van der Waals surface area contributed by atoms with Crippen molar-refractivity contribution in [3.05, 3.63) is 17.8 Å². The third-order valence-corrected chi connectivity index (χ3v) is 4.94. The van der Waals surface area contributed by atoms with E-state index in [0.29, 0.717) is 30.2 Å². The third-order valence-electron chi connectivity index (χ3n) is 4.33. The summed E-state index contributed by atoms with van der Waals surface area (Å²) in [4.78, 5) is 30.4. The first kappa shape index (κ1) is 28.4. The predicted molar refractivity (Wildman–Crippen MR) is 118 cm³/mol. The zero-order chi connectivity index (χ0) is 25.2. The van der Waals surface area contributed by atoms with Crippen molar-refractivity contribution in [2.24, 2.45) is 0 Å². The van der Waals surface area contributed by atoms with Crippen LogP contribution in [-0.4, -0.2) is 87.0 Å². The topological polar surface area (TPSA) is 132 Å². The lowest BCUT2D eigenvalue weighted by atomic mass is 10.1. The van der Waals surface area contributed by atoms with E-state index in [0.717, 1.165) is 45.3 Å². The number of nitrogens with one attached hydrogen (secondary N) is 2. The number of carbonyl (C=O) groups is 2. The molecule has 0 unspecified atom stereocenters. The summed E-state index contributed by atoms with van der Waals surface area (Å²) in [5.74, 6) is -2.24. The summed E-state index contributed by atoms with van der Waals surface area (Å²) < 4.78 is 57.3. The van der Waals surface area contributed by atoms with Crippen LogP contribution in [0.3, 0.4) is 0 Å². The first-order chi connectivity index (χ1) is 15.3. The van der Waals surface area contributed by atoms with E-state index >= 15 is 0 Å². The van der Waals surface area contributed by atoms with Gasteiger partial charge in [-0.25, -0.2) is 18.2 Å². The largest absolute Gasteiger partial charge is 0.490 e. The van der Waals surface area contributed by atoms with Gasteiger partial charge in [-0.15, -0.1) is 0 Å². The second-order valence-electron chi connectivity index (χ2n) is 7.30. The Kier molecular flexibility index (Phi) is 10.8. The molecule has 0 spiro atoms. The number of sulfonamides is 1. The maximum atomic E-state index is 13.2. The number of aromatic nitrogens is 1. The van der Waals surface area contributed by atoms with E-state index in [-0.39, 0.29) is 5.91 Å². The second kappa shape index (κ2) is 12.6. The van der Waals surface area contributed by atoms with Crippen LogP contribution in [0.5, 0.6) is 0 Å². The van der Waals surface area contributed by atoms with Gasteiger partial charge in [0.1, 0.15) is 5.82 Å². The van der Waals surface area contributed by atoms with Crippen LogP contribution >= 0.6 is 0 Å². The highest BCUT2D eigenvalue weighted by atomic mass is 32.2. The lowest BCUT2D eigenvalue weighted by Crippen LogP contribution is -2.45. The molecule has 0 saturated carbocycles. The first-order valence-electron chi connectivity index (χ1n) is 10.3. The molecule has 1 fully saturated rings. The number of carboxylic acids is 1. The number of hydrogen-bond donors (Lipinski definition) is 3. The lowest BCUT2D eigenvalue weighted by Gasteiger charge is -2.31. The fourth-order valence-corrected chi connectivity index (χ4v) is 3.58. The van der Waals surface area contributed by atoms with Crippen LogP contribution in [0.1, 0.15) is 37.0 Å². The number of halogens is 3. The Morgan fingerprint density at radius 1 is 1.21 bits per heavy atom. The third kappa shape index (κ3) is 9.82. The first-order valence-corrected chi connectivity index (χ1v) is 12.2. The second-order valence-corrected chi connectivity index (χ2v) is 9.05. The molecule has 0 radical (unpaired) electrons. The maximum absolute atomic E-state index is 13.2. The highest BCUT2D eigenvalue weighted by Crippen LogP contribution is 2.24. The average Bonchev–Trinajstić information content (AvgIpc) is 2.72. The molecule has 14 heteroatoms. The van der Waals surface area contributed by atoms with Gasteiger partial charge >= 0.3 is 12.1 Å². The molecule has 2 rings (SSSR count). The summed E-state index contributed by atoms with van der Waals surface area (Å²) in [7, 11) is -3.44. The molecule has 33 heavy (non-hydrogen) atoms. The number of carboxylic acid groups (broad SMARTS) is 1. The van der Waals surface area contributed by atoms with Gasteiger partial charge in [-0.05, 0) is 18.9 Å². The van der Waals surface area contributed by atoms with Crippen molar-refractivity contribution in [3.8, 4) is 0 Å². The van der Waals surface area contributed by atoms with Crippen molar-refractivity contribution < 1.29 is 36.3 Å². The van der Waals surface area contributed by atoms with Crippen molar-refractivity contribution in [2.75, 3.05) is 55.1 Å². The molecule has 188 valence electrons. The molecular weight excluding hydrogens is 467 g/mol. The van der Waals surface area contributed by atoms with Gasteiger partial charge in [0.05, 0.1) is 23.7 Å². The van der Waals surface area contributed by atoms with Gasteiger partial charge in [0.2, 0.25) is 10.0 Å². The zero-order valence-corrected chi connectivity index (χ0v) is 19.6. The van der Waals surface area contributed by atoms with Crippen LogP contribution in [0.4, 0.5) is 24.7 Å². The van der Waals surface area contributed by atoms with E-state index in [4.69, 9.17) is 9.90 Å². The minimum Gasteiger partial charge on any atom is -0.475 e. The van der Waals surface area contributed by atoms with Gasteiger partial charge in [-0.3, -0.25) is 9.52 Å². The van der Waals surface area contributed by atoms with Crippen molar-refractivity contribution in [3.63, 3.8) is 0 Å². The molecule has 1 aliphatic heterocycles. The van der Waals surface area contributed by atoms with Gasteiger partial charge in [-0.1, -0.05) is 13.8 Å². The fourth-order valence-electron chi connectivity index (χ4n) is 3.04. The maximum Gasteiger partial charge on any atom is 0.490 e. The van der Waals surface area contributed by atoms with Crippen molar-refractivity contribution in [1.82, 2.24) is 15.2 Å². The quantitative estimate of drug-likeness (QED) is 0.495. The molecule has 1 amide bonds. The molecule has 1 aromatic rings. The van der Waals surface area contributed by atoms with Gasteiger partial charge in [0.15, 0.2) is 0 Å². The van der Waals surface area contributed by atoms with Crippen molar-refractivity contribution in [1.29, 1.82) is 0 Å². The van der Waals surface area contributed by atoms with E-state index in [9.17, 15) is 26.4 Å². The SMILES string of the molecule is CCCN(CCC)C(=O)c1cc(NS(C)(=O)=O)cnc1N1CCNCC1.O=C(O)C(F)(F)F. The number of pyridine rings is 1. The fraction of sp³-hybridized carbons (Fsp3) is 0.632. The smallest absolute Gasteiger partial charge is 0.475 e. The number of alkyl halides is 3. The van der Waals surface area contributed by atoms with Crippen LogP contribution in [0.25, 0.3) is 0 Å². The van der Waals surface area contributed by atoms with Crippen LogP contribution in [-0.2, 0) is 14.8 Å². The Bertz CT molecular complexity index is 900. The summed E-state index contributed by atoms with van der Waals surface area (Å²) in [5.41, 5.74) is 0.755. The Morgan fingerprint density at radius 2 is 1.73 bits per heavy atom. The number of nitrogens with zero attached hydrogens (tertiary/aromatic N) is 3. The molecular formula is C19H30F3N5O5S. The van der Waals surface area contributed by atoms with Gasteiger partial charge in [0, 0.05) is 39.3 Å². The molecule has 0 bridgehead atoms. The number of anilines is 2. The number of rotatable bonds is 8. The minimum atomic E-state index is -5.08. The Labute approximate surface area is 191 Å². The molecule has 1 aliphatic rings. The Balaban J connectivity index is 0.000000675. The molecule has 1 saturated heterocycles. The zero-order valence-electron chi connectivity index (χ0n) is 18.8. The number of hydrogen-bond acceptors (Lipinski definition) is 7. The Morgan fingerprint density at radius 3 is 2.15 bits per heavy atom. The van der Waals surface area contributed by atoms with Crippen LogP contribution in [0.15, 0.2) is 12.3 Å². The molecule has 3 N–H and O–H groups in total. The molecule has 0 aromatic carbocycles. The lowest BCUT2D eigenvalue weighted by molar-refractivity contribution is -0.192. The number of carbonyl (C=O) groups excluding carboxylic acids is 1. The number of piperazine rings is 1. The van der Waals surface area contributed by atoms with Gasteiger partial charge in [-0.2, -0.15) is 13.2 Å². The molecule has 1 aromatic heterocycles. The summed E-state index contributed by atoms with van der Waals surface area (Å²) in [6, 6.07) is 1.60. The highest BCUT2D eigenvalue weighted by Gasteiger charge is 2.38. The number of amides is 1. The van der Waals surface area contributed by atoms with E-state index in [1.54, 1.807) is 6.07 Å². The monoisotopic (exact) mass is 497 g/mol. The van der Waals surface area contributed by atoms with Crippen LogP contribution in [0, 0.1) is 0 Å². The van der Waals surface area contributed by atoms with E-state index in [1.807, 2.05) is 18.7 Å². The van der Waals surface area contributed by atoms with Crippen molar-refractivity contribution >= 4 is 33.4 Å². The summed E-state index contributed by atoms with van der Waals surface area (Å²) in [6.07, 6.45) is -0.800. The standard InChI is InChI=1S/C17H29N5O3S.C2HF3O2/c1-4-8-22(9-5-2)17(23)15-12-14(20-26(3,24)25)13-19-16(15)21-10-6-18-7-11-21;3-2(4,5)1(6)7/h12-13,18,20H,4-11H2,1-3H3;(H,6,7). The van der Waals surface area contributed by atoms with E-state index in [1.165, 1.54) is 6.20 Å². The minimum absolute atomic E-state index is 0.105. The van der Waals surface area contributed by atoms with E-state index < -0.39 is 22.2 Å². The van der Waals surface area contributed by atoms with Crippen LogP contribution < -0.4 is 14.9 Å². The van der Waals surface area contributed by atoms with Gasteiger partial charge < -0.3 is 20.2 Å². The average molecular weight is 498 g/mol. The Hall–Kier alpha value is -2.61. The van der Waals surface area contributed by atoms with E-state index in [2.05, 4.69) is 19.9 Å². The molecule has 10 nitrogen and oxygen atoms in total. The van der Waals surface area contributed by atoms with Crippen LogP contribution in [0.2, 0.25) is 0 Å². The predicted octanol–water partition coefficient (Wildman–Crippen LogP) is 1.76. The number of aliphatic carboxylic acids is 1. The van der Waals surface area contributed by atoms with Gasteiger partial charge in [0.25, 0.3) is 5.91 Å². The molecule has 2 heterocycles. The molecule has 0 aliphatic carbocycles. The molecule has 0 atom stereocenters. The normalized spacial score (nSPS) is 14.2. The summed E-state index contributed by atoms with van der Waals surface area (Å²) in [6.45, 7) is 8.56. The summed E-state index contributed by atoms with van der Waals surface area (Å²) in [5, 5.41) is 10.4. The summed E-state index contributed by atoms with van der Waals surface area (Å²) >= 11 is 0.